The number of nitrogens with zero attached hydrogens (tertiary/aromatic N) is 2. The average molecular weight is 461 g/mol. The number of rotatable bonds is 7. The van der Waals surface area contributed by atoms with Crippen molar-refractivity contribution in [3.63, 3.8) is 0 Å². The zero-order chi connectivity index (χ0) is 22.6. The lowest BCUT2D eigenvalue weighted by molar-refractivity contribution is -0.385. The number of benzene rings is 3. The molecule has 0 unspecified atom stereocenters. The molecule has 0 aliphatic heterocycles. The van der Waals surface area contributed by atoms with Gasteiger partial charge in [0, 0.05) is 12.1 Å². The molecule has 9 nitrogen and oxygen atoms in total. The number of anilines is 2. The number of nitro benzene ring substituents is 1. The molecule has 0 spiro atoms. The van der Waals surface area contributed by atoms with Crippen molar-refractivity contribution in [2.75, 3.05) is 10.1 Å². The van der Waals surface area contributed by atoms with Crippen LogP contribution in [0, 0.1) is 10.1 Å². The van der Waals surface area contributed by atoms with E-state index in [4.69, 9.17) is 11.6 Å². The number of hydrazone groups is 1. The van der Waals surface area contributed by atoms with Crippen molar-refractivity contribution in [1.82, 2.24) is 0 Å². The first kappa shape index (κ1) is 22.1. The molecule has 3 N–H and O–H groups in total. The third-order valence-corrected chi connectivity index (χ3v) is 5.95. The van der Waals surface area contributed by atoms with Crippen LogP contribution in [0.15, 0.2) is 76.7 Å². The molecule has 11 heteroatoms. The molecule has 0 saturated heterocycles. The van der Waals surface area contributed by atoms with E-state index in [0.717, 1.165) is 6.07 Å². The van der Waals surface area contributed by atoms with Crippen LogP contribution in [0.25, 0.3) is 0 Å². The van der Waals surface area contributed by atoms with E-state index in [0.29, 0.717) is 11.3 Å². The minimum Gasteiger partial charge on any atom is -0.508 e. The van der Waals surface area contributed by atoms with Crippen LogP contribution in [0.5, 0.6) is 5.75 Å². The zero-order valence-corrected chi connectivity index (χ0v) is 17.7. The van der Waals surface area contributed by atoms with Crippen molar-refractivity contribution in [3.05, 3.63) is 87.4 Å². The maximum Gasteiger partial charge on any atom is 0.270 e. The second-order valence-corrected chi connectivity index (χ2v) is 8.44. The Morgan fingerprint density at radius 2 is 1.74 bits per heavy atom. The molecule has 0 heterocycles. The Bertz CT molecular complexity index is 1260. The molecule has 0 amide bonds. The Kier molecular flexibility index (Phi) is 6.42. The number of halogens is 1. The fourth-order valence-electron chi connectivity index (χ4n) is 2.59. The molecular formula is C20H17ClN4O5S. The summed E-state index contributed by atoms with van der Waals surface area (Å²) < 4.78 is 28.3. The summed E-state index contributed by atoms with van der Waals surface area (Å²) in [6, 6.07) is 15.8. The second-order valence-electron chi connectivity index (χ2n) is 6.38. The van der Waals surface area contributed by atoms with E-state index in [1.54, 1.807) is 31.2 Å². The number of para-hydroxylation sites is 1. The highest BCUT2D eigenvalue weighted by molar-refractivity contribution is 7.93. The number of nitrogens with one attached hydrogen (secondary N) is 2. The van der Waals surface area contributed by atoms with Gasteiger partial charge >= 0.3 is 0 Å². The first-order valence-corrected chi connectivity index (χ1v) is 10.7. The van der Waals surface area contributed by atoms with Gasteiger partial charge in [-0.15, -0.1) is 0 Å². The number of phenols is 1. The molecule has 3 rings (SSSR count). The van der Waals surface area contributed by atoms with Gasteiger partial charge < -0.3 is 5.11 Å². The van der Waals surface area contributed by atoms with Crippen LogP contribution in [-0.4, -0.2) is 24.2 Å². The quantitative estimate of drug-likeness (QED) is 0.268. The van der Waals surface area contributed by atoms with E-state index in [2.05, 4.69) is 15.2 Å². The number of hydrogen-bond donors (Lipinski definition) is 3. The van der Waals surface area contributed by atoms with Gasteiger partial charge in [-0.3, -0.25) is 20.3 Å². The first-order chi connectivity index (χ1) is 14.7. The summed E-state index contributed by atoms with van der Waals surface area (Å²) in [4.78, 5) is 10.1. The predicted octanol–water partition coefficient (Wildman–Crippen LogP) is 4.59. The Morgan fingerprint density at radius 1 is 1.06 bits per heavy atom. The van der Waals surface area contributed by atoms with Crippen molar-refractivity contribution in [2.45, 2.75) is 11.8 Å². The van der Waals surface area contributed by atoms with Crippen LogP contribution >= 0.6 is 11.6 Å². The Labute approximate surface area is 183 Å². The molecule has 3 aromatic rings. The highest BCUT2D eigenvalue weighted by Crippen LogP contribution is 2.30. The van der Waals surface area contributed by atoms with E-state index in [9.17, 15) is 23.6 Å². The average Bonchev–Trinajstić information content (AvgIpc) is 2.74. The largest absolute Gasteiger partial charge is 0.508 e. The van der Waals surface area contributed by atoms with Crippen LogP contribution in [0.3, 0.4) is 0 Å². The van der Waals surface area contributed by atoms with Gasteiger partial charge in [0.25, 0.3) is 15.7 Å². The van der Waals surface area contributed by atoms with Gasteiger partial charge in [-0.1, -0.05) is 23.7 Å². The van der Waals surface area contributed by atoms with Gasteiger partial charge in [-0.25, -0.2) is 8.42 Å². The Morgan fingerprint density at radius 3 is 2.39 bits per heavy atom. The maximum absolute atomic E-state index is 13.0. The van der Waals surface area contributed by atoms with Gasteiger partial charge in [0.2, 0.25) is 0 Å². The summed E-state index contributed by atoms with van der Waals surface area (Å²) >= 11 is 6.03. The van der Waals surface area contributed by atoms with Crippen LogP contribution in [0.4, 0.5) is 17.1 Å². The number of non-ortho nitro benzene ring substituents is 1. The number of aromatic hydroxyl groups is 1. The molecule has 0 aromatic heterocycles. The Balaban J connectivity index is 1.99. The molecule has 0 aliphatic rings. The fourth-order valence-corrected chi connectivity index (χ4v) is 4.09. The first-order valence-electron chi connectivity index (χ1n) is 8.83. The second kappa shape index (κ2) is 9.02. The minimum absolute atomic E-state index is 0.0308. The number of nitro groups is 1. The molecule has 0 saturated carbocycles. The van der Waals surface area contributed by atoms with Crippen LogP contribution < -0.4 is 10.1 Å². The SMILES string of the molecule is C/C(=N\Nc1ccc([N+](=O)[O-])cc1S(=O)(=O)Nc1ccccc1Cl)c1ccc(O)cc1. The summed E-state index contributed by atoms with van der Waals surface area (Å²) in [6.45, 7) is 1.68. The maximum atomic E-state index is 13.0. The van der Waals surface area contributed by atoms with Gasteiger partial charge in [-0.2, -0.15) is 5.10 Å². The lowest BCUT2D eigenvalue weighted by atomic mass is 10.1. The van der Waals surface area contributed by atoms with E-state index >= 15 is 0 Å². The highest BCUT2D eigenvalue weighted by Gasteiger charge is 2.23. The van der Waals surface area contributed by atoms with E-state index in [1.165, 1.54) is 36.4 Å². The van der Waals surface area contributed by atoms with Gasteiger partial charge in [-0.05, 0) is 55.0 Å². The molecule has 160 valence electrons. The predicted molar refractivity (Wildman–Crippen MR) is 119 cm³/mol. The van der Waals surface area contributed by atoms with Crippen LogP contribution in [0.1, 0.15) is 12.5 Å². The molecule has 0 radical (unpaired) electrons. The van der Waals surface area contributed by atoms with Crippen LogP contribution in [0.2, 0.25) is 5.02 Å². The standard InChI is InChI=1S/C20H17ClN4O5S/c1-13(14-6-9-16(26)10-7-14)22-23-19-11-8-15(25(27)28)12-20(19)31(29,30)24-18-5-3-2-4-17(18)21/h2-12,23-24,26H,1H3/b22-13+. The van der Waals surface area contributed by atoms with E-state index in [-0.39, 0.29) is 27.0 Å². The number of phenolic OH excluding ortho intramolecular Hbond substituents is 1. The molecule has 0 bridgehead atoms. The van der Waals surface area contributed by atoms with Crippen molar-refractivity contribution in [3.8, 4) is 5.75 Å². The highest BCUT2D eigenvalue weighted by atomic mass is 35.5. The molecule has 0 fully saturated rings. The lowest BCUT2D eigenvalue weighted by Crippen LogP contribution is -2.15. The van der Waals surface area contributed by atoms with Crippen molar-refractivity contribution in [2.24, 2.45) is 5.10 Å². The zero-order valence-electron chi connectivity index (χ0n) is 16.1. The fraction of sp³-hybridized carbons (Fsp3) is 0.0500. The van der Waals surface area contributed by atoms with Crippen molar-refractivity contribution < 1.29 is 18.4 Å². The summed E-state index contributed by atoms with van der Waals surface area (Å²) in [5, 5.41) is 24.9. The smallest absolute Gasteiger partial charge is 0.270 e. The molecule has 3 aromatic carbocycles. The molecule has 0 atom stereocenters. The molecule has 0 aliphatic carbocycles. The summed E-state index contributed by atoms with van der Waals surface area (Å²) in [6.07, 6.45) is 0. The van der Waals surface area contributed by atoms with Gasteiger partial charge in [0.15, 0.2) is 0 Å². The minimum atomic E-state index is -4.24. The normalized spacial score (nSPS) is 11.7. The summed E-state index contributed by atoms with van der Waals surface area (Å²) in [7, 11) is -4.24. The van der Waals surface area contributed by atoms with E-state index in [1.807, 2.05) is 0 Å². The third kappa shape index (κ3) is 5.30. The topological polar surface area (TPSA) is 134 Å². The molecule has 31 heavy (non-hydrogen) atoms. The van der Waals surface area contributed by atoms with E-state index < -0.39 is 20.6 Å². The van der Waals surface area contributed by atoms with Crippen molar-refractivity contribution >= 4 is 44.4 Å². The number of sulfonamides is 1. The van der Waals surface area contributed by atoms with Gasteiger partial charge in [0.05, 0.1) is 27.0 Å². The summed E-state index contributed by atoms with van der Waals surface area (Å²) in [5.74, 6) is 0.0962. The monoisotopic (exact) mass is 460 g/mol. The summed E-state index contributed by atoms with van der Waals surface area (Å²) in [5.41, 5.74) is 3.60. The lowest BCUT2D eigenvalue weighted by Gasteiger charge is -2.13. The Hall–Kier alpha value is -3.63. The van der Waals surface area contributed by atoms with Gasteiger partial charge in [0.1, 0.15) is 10.6 Å². The van der Waals surface area contributed by atoms with Crippen LogP contribution in [-0.2, 0) is 10.0 Å². The number of hydrogen-bond acceptors (Lipinski definition) is 7. The van der Waals surface area contributed by atoms with Crippen molar-refractivity contribution in [1.29, 1.82) is 0 Å². The molecular weight excluding hydrogens is 444 g/mol. The third-order valence-electron chi connectivity index (χ3n) is 4.21.